The van der Waals surface area contributed by atoms with Gasteiger partial charge in [0.05, 0.1) is 12.2 Å². The zero-order valence-electron chi connectivity index (χ0n) is 17.9. The number of nitrogens with two attached hydrogens (primary N) is 1. The van der Waals surface area contributed by atoms with Crippen LogP contribution in [0.3, 0.4) is 0 Å². The van der Waals surface area contributed by atoms with Gasteiger partial charge < -0.3 is 29.5 Å². The SMILES string of the molecule is C[C@@H](N)C(=O)ONc1ccn([C@@H]2O[C@H](CCOC(=O)c3ccncc3)[C@H]3OC(=O)O[C@H]32)c(=O)n1. The molecule has 0 aromatic carbocycles. The van der Waals surface area contributed by atoms with E-state index in [1.807, 2.05) is 0 Å². The zero-order valence-corrected chi connectivity index (χ0v) is 17.9. The van der Waals surface area contributed by atoms with E-state index in [0.717, 1.165) is 4.57 Å². The Morgan fingerprint density at radius 3 is 2.65 bits per heavy atom. The van der Waals surface area contributed by atoms with Crippen LogP contribution in [-0.2, 0) is 28.6 Å². The van der Waals surface area contributed by atoms with E-state index in [0.29, 0.717) is 5.56 Å². The molecular weight excluding hydrogens is 454 g/mol. The van der Waals surface area contributed by atoms with Gasteiger partial charge in [-0.05, 0) is 19.1 Å². The van der Waals surface area contributed by atoms with Crippen LogP contribution in [-0.4, -0.2) is 63.6 Å². The average Bonchev–Trinajstić information content (AvgIpc) is 3.36. The highest BCUT2D eigenvalue weighted by Crippen LogP contribution is 2.38. The largest absolute Gasteiger partial charge is 0.509 e. The summed E-state index contributed by atoms with van der Waals surface area (Å²) in [7, 11) is 0. The first kappa shape index (κ1) is 23.1. The minimum absolute atomic E-state index is 0.0275. The van der Waals surface area contributed by atoms with E-state index in [9.17, 15) is 19.2 Å². The molecular formula is C20H21N5O9. The van der Waals surface area contributed by atoms with Crippen LogP contribution in [0, 0.1) is 0 Å². The molecule has 2 saturated heterocycles. The summed E-state index contributed by atoms with van der Waals surface area (Å²) in [4.78, 5) is 60.1. The summed E-state index contributed by atoms with van der Waals surface area (Å²) in [6.07, 6.45) is 0.0894. The highest BCUT2D eigenvalue weighted by molar-refractivity contribution is 5.89. The fourth-order valence-corrected chi connectivity index (χ4v) is 3.38. The Balaban J connectivity index is 1.40. The molecule has 2 aliphatic rings. The Labute approximate surface area is 191 Å². The van der Waals surface area contributed by atoms with Crippen LogP contribution in [0.1, 0.15) is 29.9 Å². The summed E-state index contributed by atoms with van der Waals surface area (Å²) in [5, 5.41) is 0. The summed E-state index contributed by atoms with van der Waals surface area (Å²) in [6.45, 7) is 1.41. The van der Waals surface area contributed by atoms with Crippen molar-refractivity contribution < 1.29 is 38.2 Å². The van der Waals surface area contributed by atoms with E-state index in [1.54, 1.807) is 0 Å². The molecule has 4 heterocycles. The predicted molar refractivity (Wildman–Crippen MR) is 110 cm³/mol. The first-order valence-electron chi connectivity index (χ1n) is 10.2. The van der Waals surface area contributed by atoms with Gasteiger partial charge in [0.15, 0.2) is 24.3 Å². The number of anilines is 1. The number of hydrogen-bond acceptors (Lipinski definition) is 13. The fraction of sp³-hybridized carbons (Fsp3) is 0.400. The van der Waals surface area contributed by atoms with Gasteiger partial charge in [-0.3, -0.25) is 9.55 Å². The van der Waals surface area contributed by atoms with Crippen molar-refractivity contribution in [3.63, 3.8) is 0 Å². The Bertz CT molecular complexity index is 1120. The van der Waals surface area contributed by atoms with E-state index >= 15 is 0 Å². The van der Waals surface area contributed by atoms with Gasteiger partial charge in [-0.2, -0.15) is 4.98 Å². The number of esters is 1. The summed E-state index contributed by atoms with van der Waals surface area (Å²) >= 11 is 0. The van der Waals surface area contributed by atoms with Crippen molar-refractivity contribution >= 4 is 23.9 Å². The minimum Gasteiger partial charge on any atom is -0.462 e. The lowest BCUT2D eigenvalue weighted by Crippen LogP contribution is -2.35. The maximum Gasteiger partial charge on any atom is 0.509 e. The number of carbonyl (C=O) groups is 3. The number of nitrogens with zero attached hydrogens (tertiary/aromatic N) is 3. The van der Waals surface area contributed by atoms with Crippen LogP contribution in [0.5, 0.6) is 0 Å². The Hall–Kier alpha value is -4.04. The van der Waals surface area contributed by atoms with Gasteiger partial charge in [-0.1, -0.05) is 0 Å². The molecule has 180 valence electrons. The van der Waals surface area contributed by atoms with Crippen LogP contribution >= 0.6 is 0 Å². The Kier molecular flexibility index (Phi) is 6.70. The molecule has 0 amide bonds. The number of ether oxygens (including phenoxy) is 4. The molecule has 0 radical (unpaired) electrons. The lowest BCUT2D eigenvalue weighted by molar-refractivity contribution is -0.141. The minimum atomic E-state index is -1.03. The molecule has 0 spiro atoms. The van der Waals surface area contributed by atoms with E-state index < -0.39 is 54.4 Å². The second-order valence-electron chi connectivity index (χ2n) is 7.45. The molecule has 2 aromatic heterocycles. The second-order valence-corrected chi connectivity index (χ2v) is 7.45. The van der Waals surface area contributed by atoms with E-state index in [2.05, 4.69) is 15.4 Å². The molecule has 2 fully saturated rings. The molecule has 2 aliphatic heterocycles. The van der Waals surface area contributed by atoms with Crippen molar-refractivity contribution in [1.29, 1.82) is 0 Å². The van der Waals surface area contributed by atoms with Gasteiger partial charge in [0.25, 0.3) is 0 Å². The Morgan fingerprint density at radius 1 is 1.21 bits per heavy atom. The van der Waals surface area contributed by atoms with Crippen molar-refractivity contribution in [2.75, 3.05) is 12.1 Å². The molecule has 2 aromatic rings. The first-order valence-corrected chi connectivity index (χ1v) is 10.2. The summed E-state index contributed by atoms with van der Waals surface area (Å²) in [5.41, 5.74) is 7.21. The number of pyridine rings is 1. The number of fused-ring (bicyclic) bond motifs is 1. The quantitative estimate of drug-likeness (QED) is 0.293. The summed E-state index contributed by atoms with van der Waals surface area (Å²) < 4.78 is 22.6. The third kappa shape index (κ3) is 4.97. The van der Waals surface area contributed by atoms with Gasteiger partial charge in [0, 0.05) is 31.1 Å². The van der Waals surface area contributed by atoms with Gasteiger partial charge in [-0.25, -0.2) is 24.7 Å². The molecule has 0 unspecified atom stereocenters. The summed E-state index contributed by atoms with van der Waals surface area (Å²) in [6, 6.07) is 3.52. The molecule has 5 atom stereocenters. The number of nitrogens with one attached hydrogen (secondary N) is 1. The zero-order chi connectivity index (χ0) is 24.2. The standard InChI is InChI=1S/C20H21N5O9/c1-10(21)17(26)34-24-13-4-8-25(19(28)23-13)16-15-14(32-20(29)33-15)12(31-16)5-9-30-18(27)11-2-6-22-7-3-11/h2-4,6-8,10,12,14-16H,5,9,21H2,1H3,(H,23,24,28)/t10-,12-,14-,15-,16-/m1/s1. The average molecular weight is 475 g/mol. The van der Waals surface area contributed by atoms with E-state index in [1.165, 1.54) is 43.7 Å². The first-order chi connectivity index (χ1) is 16.3. The van der Waals surface area contributed by atoms with Crippen LogP contribution in [0.25, 0.3) is 0 Å². The van der Waals surface area contributed by atoms with Gasteiger partial charge in [-0.15, -0.1) is 0 Å². The fourth-order valence-electron chi connectivity index (χ4n) is 3.38. The number of hydrogen-bond donors (Lipinski definition) is 2. The molecule has 0 aliphatic carbocycles. The van der Waals surface area contributed by atoms with Crippen molar-refractivity contribution in [1.82, 2.24) is 14.5 Å². The van der Waals surface area contributed by atoms with Crippen molar-refractivity contribution in [3.05, 3.63) is 52.8 Å². The van der Waals surface area contributed by atoms with Crippen LogP contribution in [0.15, 0.2) is 41.6 Å². The monoisotopic (exact) mass is 475 g/mol. The maximum absolute atomic E-state index is 12.6. The van der Waals surface area contributed by atoms with Crippen molar-refractivity contribution in [2.24, 2.45) is 5.73 Å². The van der Waals surface area contributed by atoms with Crippen molar-refractivity contribution in [3.8, 4) is 0 Å². The predicted octanol–water partition coefficient (Wildman–Crippen LogP) is -0.0959. The molecule has 14 heteroatoms. The second kappa shape index (κ2) is 9.84. The highest BCUT2D eigenvalue weighted by Gasteiger charge is 2.55. The van der Waals surface area contributed by atoms with Gasteiger partial charge >= 0.3 is 23.8 Å². The molecule has 34 heavy (non-hydrogen) atoms. The third-order valence-corrected chi connectivity index (χ3v) is 5.03. The number of rotatable bonds is 8. The summed E-state index contributed by atoms with van der Waals surface area (Å²) in [5.74, 6) is -1.32. The number of carbonyl (C=O) groups excluding carboxylic acids is 3. The Morgan fingerprint density at radius 2 is 1.94 bits per heavy atom. The molecule has 3 N–H and O–H groups in total. The lowest BCUT2D eigenvalue weighted by atomic mass is 10.1. The molecule has 4 rings (SSSR count). The van der Waals surface area contributed by atoms with Gasteiger partial charge in [0.1, 0.15) is 12.1 Å². The molecule has 0 bridgehead atoms. The third-order valence-electron chi connectivity index (χ3n) is 5.03. The molecule has 14 nitrogen and oxygen atoms in total. The van der Waals surface area contributed by atoms with Gasteiger partial charge in [0.2, 0.25) is 0 Å². The van der Waals surface area contributed by atoms with E-state index in [4.69, 9.17) is 29.5 Å². The smallest absolute Gasteiger partial charge is 0.462 e. The normalized spacial score (nSPS) is 23.9. The van der Waals surface area contributed by atoms with Crippen LogP contribution < -0.4 is 16.9 Å². The van der Waals surface area contributed by atoms with Crippen LogP contribution in [0.2, 0.25) is 0 Å². The number of aromatic nitrogens is 3. The molecule has 0 saturated carbocycles. The highest BCUT2D eigenvalue weighted by atomic mass is 16.8. The lowest BCUT2D eigenvalue weighted by Gasteiger charge is -2.18. The van der Waals surface area contributed by atoms with Crippen LogP contribution in [0.4, 0.5) is 10.6 Å². The van der Waals surface area contributed by atoms with E-state index in [-0.39, 0.29) is 18.8 Å². The van der Waals surface area contributed by atoms with Crippen molar-refractivity contribution in [2.45, 2.75) is 43.9 Å². The topological polar surface area (TPSA) is 183 Å². The maximum atomic E-state index is 12.6.